The van der Waals surface area contributed by atoms with Crippen LogP contribution in [0.1, 0.15) is 58.3 Å². The van der Waals surface area contributed by atoms with Gasteiger partial charge in [-0.25, -0.2) is 0 Å². The summed E-state index contributed by atoms with van der Waals surface area (Å²) >= 11 is 4.09. The van der Waals surface area contributed by atoms with Crippen LogP contribution in [-0.2, 0) is 4.74 Å². The van der Waals surface area contributed by atoms with Crippen LogP contribution in [0.15, 0.2) is 0 Å². The Hall–Kier alpha value is 0.310. The van der Waals surface area contributed by atoms with Crippen molar-refractivity contribution in [2.45, 2.75) is 58.3 Å². The largest absolute Gasteiger partial charge is 0.381 e. The highest BCUT2D eigenvalue weighted by molar-refractivity contribution is 7.80. The molecule has 0 bridgehead atoms. The van der Waals surface area contributed by atoms with E-state index in [9.17, 15) is 0 Å². The summed E-state index contributed by atoms with van der Waals surface area (Å²) in [6, 6.07) is 0. The van der Waals surface area contributed by atoms with Gasteiger partial charge in [-0.1, -0.05) is 51.9 Å². The van der Waals surface area contributed by atoms with Crippen LogP contribution >= 0.6 is 12.6 Å². The van der Waals surface area contributed by atoms with E-state index < -0.39 is 0 Å². The van der Waals surface area contributed by atoms with Crippen LogP contribution in [0.3, 0.4) is 0 Å². The van der Waals surface area contributed by atoms with Crippen LogP contribution in [0.4, 0.5) is 0 Å². The first kappa shape index (κ1) is 14.3. The molecule has 0 saturated carbocycles. The van der Waals surface area contributed by atoms with Crippen LogP contribution in [0, 0.1) is 0 Å². The SMILES string of the molecule is CCCCCCCCCCOCCS. The fraction of sp³-hybridized carbons (Fsp3) is 1.00. The lowest BCUT2D eigenvalue weighted by molar-refractivity contribution is 0.145. The second-order valence-corrected chi connectivity index (χ2v) is 4.26. The first-order valence-corrected chi connectivity index (χ1v) is 6.73. The molecule has 0 saturated heterocycles. The van der Waals surface area contributed by atoms with Crippen molar-refractivity contribution in [1.29, 1.82) is 0 Å². The Kier molecular flexibility index (Phi) is 13.6. The molecule has 0 rings (SSSR count). The van der Waals surface area contributed by atoms with Crippen LogP contribution in [0.25, 0.3) is 0 Å². The molecule has 0 unspecified atom stereocenters. The monoisotopic (exact) mass is 218 g/mol. The van der Waals surface area contributed by atoms with E-state index >= 15 is 0 Å². The van der Waals surface area contributed by atoms with Gasteiger partial charge in [-0.05, 0) is 6.42 Å². The first-order valence-electron chi connectivity index (χ1n) is 6.10. The van der Waals surface area contributed by atoms with Crippen molar-refractivity contribution < 1.29 is 4.74 Å². The highest BCUT2D eigenvalue weighted by Gasteiger charge is 1.91. The summed E-state index contributed by atoms with van der Waals surface area (Å²) in [5.41, 5.74) is 0. The van der Waals surface area contributed by atoms with E-state index in [-0.39, 0.29) is 0 Å². The maximum atomic E-state index is 5.35. The zero-order valence-electron chi connectivity index (χ0n) is 9.63. The highest BCUT2D eigenvalue weighted by atomic mass is 32.1. The van der Waals surface area contributed by atoms with Crippen LogP contribution in [0.2, 0.25) is 0 Å². The minimum Gasteiger partial charge on any atom is -0.381 e. The molecular weight excluding hydrogens is 192 g/mol. The number of hydrogen-bond donors (Lipinski definition) is 1. The van der Waals surface area contributed by atoms with E-state index in [1.165, 1.54) is 51.4 Å². The summed E-state index contributed by atoms with van der Waals surface area (Å²) in [4.78, 5) is 0. The maximum absolute atomic E-state index is 5.35. The van der Waals surface area contributed by atoms with Gasteiger partial charge in [0.15, 0.2) is 0 Å². The molecule has 0 aliphatic heterocycles. The zero-order valence-corrected chi connectivity index (χ0v) is 10.5. The maximum Gasteiger partial charge on any atom is 0.0554 e. The Bertz CT molecular complexity index is 84.3. The third kappa shape index (κ3) is 12.3. The van der Waals surface area contributed by atoms with Gasteiger partial charge in [-0.15, -0.1) is 0 Å². The predicted octanol–water partition coefficient (Wildman–Crippen LogP) is 4.07. The third-order valence-corrected chi connectivity index (χ3v) is 2.56. The molecule has 0 heterocycles. The predicted molar refractivity (Wildman–Crippen MR) is 67.3 cm³/mol. The molecular formula is C12H26OS. The summed E-state index contributed by atoms with van der Waals surface area (Å²) in [6.45, 7) is 3.99. The van der Waals surface area contributed by atoms with E-state index in [0.29, 0.717) is 0 Å². The molecule has 0 fully saturated rings. The molecule has 0 aliphatic carbocycles. The van der Waals surface area contributed by atoms with Crippen molar-refractivity contribution in [3.8, 4) is 0 Å². The first-order chi connectivity index (χ1) is 6.91. The minimum absolute atomic E-state index is 0.805. The number of ether oxygens (including phenoxy) is 1. The summed E-state index contributed by atoms with van der Waals surface area (Å²) in [5.74, 6) is 0.844. The molecule has 0 amide bonds. The van der Waals surface area contributed by atoms with E-state index in [1.54, 1.807) is 0 Å². The zero-order chi connectivity index (χ0) is 10.5. The number of unbranched alkanes of at least 4 members (excludes halogenated alkanes) is 7. The molecule has 0 spiro atoms. The molecule has 0 aromatic rings. The molecule has 0 N–H and O–H groups in total. The normalized spacial score (nSPS) is 10.7. The van der Waals surface area contributed by atoms with Gasteiger partial charge in [0.25, 0.3) is 0 Å². The average Bonchev–Trinajstić information content (AvgIpc) is 2.21. The van der Waals surface area contributed by atoms with Crippen LogP contribution < -0.4 is 0 Å². The Balaban J connectivity index is 2.78. The van der Waals surface area contributed by atoms with Gasteiger partial charge in [0.2, 0.25) is 0 Å². The number of rotatable bonds is 11. The number of hydrogen-bond acceptors (Lipinski definition) is 2. The fourth-order valence-electron chi connectivity index (χ4n) is 1.50. The van der Waals surface area contributed by atoms with Gasteiger partial charge in [0.1, 0.15) is 0 Å². The second-order valence-electron chi connectivity index (χ2n) is 3.81. The van der Waals surface area contributed by atoms with Gasteiger partial charge in [0.05, 0.1) is 6.61 Å². The van der Waals surface area contributed by atoms with Gasteiger partial charge in [0, 0.05) is 12.4 Å². The van der Waals surface area contributed by atoms with Crippen molar-refractivity contribution in [3.63, 3.8) is 0 Å². The summed E-state index contributed by atoms with van der Waals surface area (Å²) in [7, 11) is 0. The number of thiol groups is 1. The Labute approximate surface area is 95.0 Å². The van der Waals surface area contributed by atoms with Crippen molar-refractivity contribution in [1.82, 2.24) is 0 Å². The highest BCUT2D eigenvalue weighted by Crippen LogP contribution is 2.08. The summed E-state index contributed by atoms with van der Waals surface area (Å²) < 4.78 is 5.35. The quantitative estimate of drug-likeness (QED) is 0.406. The molecule has 1 nitrogen and oxygen atoms in total. The molecule has 2 heteroatoms. The van der Waals surface area contributed by atoms with Crippen LogP contribution in [0.5, 0.6) is 0 Å². The van der Waals surface area contributed by atoms with Gasteiger partial charge < -0.3 is 4.74 Å². The Morgan fingerprint density at radius 1 is 0.786 bits per heavy atom. The standard InChI is InChI=1S/C12H26OS/c1-2-3-4-5-6-7-8-9-10-13-11-12-14/h14H,2-12H2,1H3. The van der Waals surface area contributed by atoms with Crippen molar-refractivity contribution in [2.24, 2.45) is 0 Å². The molecule has 0 aliphatic rings. The second kappa shape index (κ2) is 13.3. The van der Waals surface area contributed by atoms with Gasteiger partial charge in [-0.2, -0.15) is 12.6 Å². The molecule has 86 valence electrons. The fourth-order valence-corrected chi connectivity index (χ4v) is 1.63. The van der Waals surface area contributed by atoms with Gasteiger partial charge in [-0.3, -0.25) is 0 Å². The van der Waals surface area contributed by atoms with E-state index in [2.05, 4.69) is 19.6 Å². The summed E-state index contributed by atoms with van der Waals surface area (Å²) in [5, 5.41) is 0. The smallest absolute Gasteiger partial charge is 0.0554 e. The molecule has 0 radical (unpaired) electrons. The Morgan fingerprint density at radius 3 is 1.93 bits per heavy atom. The van der Waals surface area contributed by atoms with E-state index in [0.717, 1.165) is 19.0 Å². The third-order valence-electron chi connectivity index (χ3n) is 2.38. The molecule has 0 aromatic carbocycles. The van der Waals surface area contributed by atoms with Crippen LogP contribution in [-0.4, -0.2) is 19.0 Å². The molecule has 0 aromatic heterocycles. The lowest BCUT2D eigenvalue weighted by Crippen LogP contribution is -1.97. The molecule has 0 atom stereocenters. The van der Waals surface area contributed by atoms with E-state index in [1.807, 2.05) is 0 Å². The lowest BCUT2D eigenvalue weighted by atomic mass is 10.1. The average molecular weight is 218 g/mol. The van der Waals surface area contributed by atoms with Crippen molar-refractivity contribution in [2.75, 3.05) is 19.0 Å². The lowest BCUT2D eigenvalue weighted by Gasteiger charge is -2.02. The minimum atomic E-state index is 0.805. The van der Waals surface area contributed by atoms with Crippen molar-refractivity contribution >= 4 is 12.6 Å². The topological polar surface area (TPSA) is 9.23 Å². The Morgan fingerprint density at radius 2 is 1.36 bits per heavy atom. The van der Waals surface area contributed by atoms with E-state index in [4.69, 9.17) is 4.74 Å². The molecule has 14 heavy (non-hydrogen) atoms. The van der Waals surface area contributed by atoms with Crippen molar-refractivity contribution in [3.05, 3.63) is 0 Å². The summed E-state index contributed by atoms with van der Waals surface area (Å²) in [6.07, 6.45) is 10.9. The van der Waals surface area contributed by atoms with Gasteiger partial charge >= 0.3 is 0 Å².